The number of rotatable bonds is 3. The number of methoxy groups -OCH3 is 1. The fourth-order valence-electron chi connectivity index (χ4n) is 2.51. The molecule has 1 aromatic heterocycles. The third kappa shape index (κ3) is 2.30. The van der Waals surface area contributed by atoms with Crippen molar-refractivity contribution >= 4 is 16.6 Å². The van der Waals surface area contributed by atoms with Gasteiger partial charge in [0, 0.05) is 17.1 Å². The van der Waals surface area contributed by atoms with E-state index in [-0.39, 0.29) is 0 Å². The van der Waals surface area contributed by atoms with Crippen LogP contribution < -0.4 is 10.5 Å². The zero-order chi connectivity index (χ0) is 14.8. The first-order valence-electron chi connectivity index (χ1n) is 6.66. The quantitative estimate of drug-likeness (QED) is 0.724. The Hall–Kier alpha value is -2.59. The van der Waals surface area contributed by atoms with Crippen molar-refractivity contribution in [3.63, 3.8) is 0 Å². The molecule has 1 unspecified atom stereocenters. The molecule has 3 aromatic rings. The summed E-state index contributed by atoms with van der Waals surface area (Å²) in [6.45, 7) is 0. The maximum Gasteiger partial charge on any atom is 0.142 e. The Bertz CT molecular complexity index is 781. The van der Waals surface area contributed by atoms with Crippen LogP contribution >= 0.6 is 0 Å². The molecule has 0 fully saturated rings. The van der Waals surface area contributed by atoms with Crippen LogP contribution in [0.4, 0.5) is 5.69 Å². The van der Waals surface area contributed by atoms with Gasteiger partial charge in [0.05, 0.1) is 18.3 Å². The van der Waals surface area contributed by atoms with Gasteiger partial charge in [-0.05, 0) is 23.8 Å². The van der Waals surface area contributed by atoms with E-state index < -0.39 is 6.10 Å². The molecular weight excluding hydrogens is 264 g/mol. The number of para-hydroxylation sites is 1. The highest BCUT2D eigenvalue weighted by Crippen LogP contribution is 2.35. The molecule has 0 aliphatic heterocycles. The lowest BCUT2D eigenvalue weighted by atomic mass is 9.96. The first-order chi connectivity index (χ1) is 10.2. The summed E-state index contributed by atoms with van der Waals surface area (Å²) in [6, 6.07) is 14.9. The van der Waals surface area contributed by atoms with Crippen LogP contribution in [-0.2, 0) is 0 Å². The molecule has 0 amide bonds. The van der Waals surface area contributed by atoms with Crippen LogP contribution in [0.3, 0.4) is 0 Å². The number of fused-ring (bicyclic) bond motifs is 1. The Morgan fingerprint density at radius 3 is 2.62 bits per heavy atom. The summed E-state index contributed by atoms with van der Waals surface area (Å²) in [7, 11) is 1.56. The molecule has 0 aliphatic rings. The van der Waals surface area contributed by atoms with Crippen LogP contribution in [-0.4, -0.2) is 17.2 Å². The van der Waals surface area contributed by atoms with Gasteiger partial charge in [0.1, 0.15) is 11.9 Å². The predicted octanol–water partition coefficient (Wildman–Crippen LogP) is 2.91. The van der Waals surface area contributed by atoms with Gasteiger partial charge in [-0.1, -0.05) is 30.3 Å². The van der Waals surface area contributed by atoms with E-state index >= 15 is 0 Å². The van der Waals surface area contributed by atoms with Gasteiger partial charge >= 0.3 is 0 Å². The number of anilines is 1. The standard InChI is InChI=1S/C17H16N2O2/c1-21-15-9-3-6-13(16(15)18)17(20)12-5-2-8-14-11(12)7-4-10-19-14/h2-10,17,20H,18H2,1H3. The number of ether oxygens (including phenoxy) is 1. The number of nitrogens with zero attached hydrogens (tertiary/aromatic N) is 1. The lowest BCUT2D eigenvalue weighted by Crippen LogP contribution is -2.06. The van der Waals surface area contributed by atoms with Gasteiger partial charge in [-0.25, -0.2) is 0 Å². The van der Waals surface area contributed by atoms with E-state index in [0.29, 0.717) is 17.0 Å². The summed E-state index contributed by atoms with van der Waals surface area (Å²) in [6.07, 6.45) is 0.909. The van der Waals surface area contributed by atoms with Crippen molar-refractivity contribution in [2.24, 2.45) is 0 Å². The molecule has 3 N–H and O–H groups in total. The van der Waals surface area contributed by atoms with Crippen LogP contribution in [0.1, 0.15) is 17.2 Å². The molecule has 0 aliphatic carbocycles. The Kier molecular flexibility index (Phi) is 3.46. The molecule has 0 saturated carbocycles. The molecule has 106 valence electrons. The average Bonchev–Trinajstić information content (AvgIpc) is 2.54. The summed E-state index contributed by atoms with van der Waals surface area (Å²) in [5.74, 6) is 0.560. The Morgan fingerprint density at radius 2 is 1.81 bits per heavy atom. The molecule has 0 saturated heterocycles. The summed E-state index contributed by atoms with van der Waals surface area (Å²) >= 11 is 0. The minimum absolute atomic E-state index is 0.452. The van der Waals surface area contributed by atoms with Crippen LogP contribution in [0.5, 0.6) is 5.75 Å². The van der Waals surface area contributed by atoms with Gasteiger partial charge in [-0.2, -0.15) is 0 Å². The minimum atomic E-state index is -0.826. The second-order valence-electron chi connectivity index (χ2n) is 4.78. The van der Waals surface area contributed by atoms with Gasteiger partial charge in [0.25, 0.3) is 0 Å². The van der Waals surface area contributed by atoms with Gasteiger partial charge < -0.3 is 15.6 Å². The van der Waals surface area contributed by atoms with Crippen LogP contribution in [0.2, 0.25) is 0 Å². The number of nitrogen functional groups attached to an aromatic ring is 1. The van der Waals surface area contributed by atoms with Gasteiger partial charge in [-0.15, -0.1) is 0 Å². The summed E-state index contributed by atoms with van der Waals surface area (Å²) in [5.41, 5.74) is 8.78. The monoisotopic (exact) mass is 280 g/mol. The lowest BCUT2D eigenvalue weighted by Gasteiger charge is -2.17. The van der Waals surface area contributed by atoms with Crippen molar-refractivity contribution in [3.05, 3.63) is 65.9 Å². The van der Waals surface area contributed by atoms with Crippen molar-refractivity contribution in [1.29, 1.82) is 0 Å². The van der Waals surface area contributed by atoms with Gasteiger partial charge in [-0.3, -0.25) is 4.98 Å². The maximum absolute atomic E-state index is 10.7. The summed E-state index contributed by atoms with van der Waals surface area (Å²) in [4.78, 5) is 4.31. The number of aliphatic hydroxyl groups is 1. The van der Waals surface area contributed by atoms with Crippen molar-refractivity contribution < 1.29 is 9.84 Å². The normalized spacial score (nSPS) is 12.3. The minimum Gasteiger partial charge on any atom is -0.495 e. The van der Waals surface area contributed by atoms with E-state index in [2.05, 4.69) is 4.98 Å². The number of aliphatic hydroxyl groups excluding tert-OH is 1. The maximum atomic E-state index is 10.7. The zero-order valence-electron chi connectivity index (χ0n) is 11.7. The van der Waals surface area contributed by atoms with E-state index in [9.17, 15) is 5.11 Å². The molecule has 0 spiro atoms. The highest BCUT2D eigenvalue weighted by molar-refractivity contribution is 5.83. The largest absolute Gasteiger partial charge is 0.495 e. The van der Waals surface area contributed by atoms with Crippen molar-refractivity contribution in [3.8, 4) is 5.75 Å². The van der Waals surface area contributed by atoms with E-state index in [0.717, 1.165) is 16.5 Å². The molecule has 0 radical (unpaired) electrons. The molecule has 3 rings (SSSR count). The number of hydrogen-bond acceptors (Lipinski definition) is 4. The number of aromatic nitrogens is 1. The van der Waals surface area contributed by atoms with Crippen LogP contribution in [0.15, 0.2) is 54.7 Å². The smallest absolute Gasteiger partial charge is 0.142 e. The van der Waals surface area contributed by atoms with E-state index in [1.165, 1.54) is 0 Å². The fraction of sp³-hybridized carbons (Fsp3) is 0.118. The number of nitrogens with two attached hydrogens (primary N) is 1. The Morgan fingerprint density at radius 1 is 1.05 bits per heavy atom. The highest BCUT2D eigenvalue weighted by atomic mass is 16.5. The second-order valence-corrected chi connectivity index (χ2v) is 4.78. The molecule has 4 heteroatoms. The predicted molar refractivity (Wildman–Crippen MR) is 83.2 cm³/mol. The van der Waals surface area contributed by atoms with Crippen molar-refractivity contribution in [1.82, 2.24) is 4.98 Å². The van der Waals surface area contributed by atoms with E-state index in [4.69, 9.17) is 10.5 Å². The molecule has 4 nitrogen and oxygen atoms in total. The molecule has 2 aromatic carbocycles. The van der Waals surface area contributed by atoms with Gasteiger partial charge in [0.15, 0.2) is 0 Å². The number of hydrogen-bond donors (Lipinski definition) is 2. The SMILES string of the molecule is COc1cccc(C(O)c2cccc3ncccc23)c1N. The third-order valence-electron chi connectivity index (χ3n) is 3.59. The molecule has 1 heterocycles. The summed E-state index contributed by atoms with van der Waals surface area (Å²) in [5, 5.41) is 11.6. The Balaban J connectivity index is 2.15. The highest BCUT2D eigenvalue weighted by Gasteiger charge is 2.18. The van der Waals surface area contributed by atoms with E-state index in [1.807, 2.05) is 36.4 Å². The first kappa shape index (κ1) is 13.4. The topological polar surface area (TPSA) is 68.4 Å². The van der Waals surface area contributed by atoms with E-state index in [1.54, 1.807) is 25.4 Å². The first-order valence-corrected chi connectivity index (χ1v) is 6.66. The molecule has 0 bridgehead atoms. The fourth-order valence-corrected chi connectivity index (χ4v) is 2.51. The van der Waals surface area contributed by atoms with Crippen LogP contribution in [0, 0.1) is 0 Å². The van der Waals surface area contributed by atoms with Gasteiger partial charge in [0.2, 0.25) is 0 Å². The lowest BCUT2D eigenvalue weighted by molar-refractivity contribution is 0.222. The molecule has 21 heavy (non-hydrogen) atoms. The van der Waals surface area contributed by atoms with Crippen molar-refractivity contribution in [2.45, 2.75) is 6.10 Å². The third-order valence-corrected chi connectivity index (χ3v) is 3.59. The number of pyridine rings is 1. The summed E-state index contributed by atoms with van der Waals surface area (Å²) < 4.78 is 5.21. The zero-order valence-corrected chi connectivity index (χ0v) is 11.7. The average molecular weight is 280 g/mol. The van der Waals surface area contributed by atoms with Crippen molar-refractivity contribution in [2.75, 3.05) is 12.8 Å². The van der Waals surface area contributed by atoms with Crippen LogP contribution in [0.25, 0.3) is 10.9 Å². The Labute approximate surface area is 122 Å². The molecule has 1 atom stereocenters. The molecular formula is C17H16N2O2. The second kappa shape index (κ2) is 5.42. The number of benzene rings is 2.